The molecule has 3 rings (SSSR count). The second kappa shape index (κ2) is 8.43. The van der Waals surface area contributed by atoms with Gasteiger partial charge in [0.1, 0.15) is 0 Å². The average Bonchev–Trinajstić information content (AvgIpc) is 2.66. The smallest absolute Gasteiger partial charge is 0.312 e. The van der Waals surface area contributed by atoms with Crippen molar-refractivity contribution in [1.29, 1.82) is 0 Å². The van der Waals surface area contributed by atoms with Crippen molar-refractivity contribution in [3.8, 4) is 0 Å². The van der Waals surface area contributed by atoms with Gasteiger partial charge in [-0.05, 0) is 29.5 Å². The molecule has 7 nitrogen and oxygen atoms in total. The molecule has 1 aliphatic heterocycles. The Morgan fingerprint density at radius 1 is 1.12 bits per heavy atom. The molecule has 1 fully saturated rings. The maximum absolute atomic E-state index is 10.8. The SMILES string of the molecule is NC(=O)NCc1cccc(CCc2cnc(N3CCOCC3)nc2)c1. The van der Waals surface area contributed by atoms with Crippen molar-refractivity contribution in [3.05, 3.63) is 53.3 Å². The number of primary amides is 1. The van der Waals surface area contributed by atoms with E-state index in [9.17, 15) is 4.79 Å². The Bertz CT molecular complexity index is 699. The summed E-state index contributed by atoms with van der Waals surface area (Å²) in [5, 5.41) is 2.61. The highest BCUT2D eigenvalue weighted by Gasteiger charge is 2.13. The van der Waals surface area contributed by atoms with Gasteiger partial charge in [-0.25, -0.2) is 14.8 Å². The summed E-state index contributed by atoms with van der Waals surface area (Å²) >= 11 is 0. The maximum atomic E-state index is 10.8. The van der Waals surface area contributed by atoms with Crippen LogP contribution >= 0.6 is 0 Å². The molecule has 3 N–H and O–H groups in total. The predicted octanol–water partition coefficient (Wildman–Crippen LogP) is 1.27. The summed E-state index contributed by atoms with van der Waals surface area (Å²) < 4.78 is 5.35. The van der Waals surface area contributed by atoms with E-state index < -0.39 is 6.03 Å². The van der Waals surface area contributed by atoms with Gasteiger partial charge in [0.2, 0.25) is 5.95 Å². The van der Waals surface area contributed by atoms with Crippen molar-refractivity contribution in [1.82, 2.24) is 15.3 Å². The van der Waals surface area contributed by atoms with Gasteiger partial charge in [0.25, 0.3) is 0 Å². The Hall–Kier alpha value is -2.67. The number of rotatable bonds is 6. The molecule has 1 aliphatic rings. The molecule has 0 unspecified atom stereocenters. The molecule has 7 heteroatoms. The number of hydrogen-bond donors (Lipinski definition) is 2. The number of nitrogens with one attached hydrogen (secondary N) is 1. The highest BCUT2D eigenvalue weighted by Crippen LogP contribution is 2.12. The van der Waals surface area contributed by atoms with Crippen LogP contribution in [0.4, 0.5) is 10.7 Å². The number of anilines is 1. The first-order valence-electron chi connectivity index (χ1n) is 8.45. The van der Waals surface area contributed by atoms with E-state index in [4.69, 9.17) is 10.5 Å². The number of benzene rings is 1. The number of hydrogen-bond acceptors (Lipinski definition) is 5. The summed E-state index contributed by atoms with van der Waals surface area (Å²) in [4.78, 5) is 21.9. The van der Waals surface area contributed by atoms with E-state index >= 15 is 0 Å². The first-order chi connectivity index (χ1) is 12.2. The highest BCUT2D eigenvalue weighted by molar-refractivity contribution is 5.71. The fourth-order valence-corrected chi connectivity index (χ4v) is 2.78. The van der Waals surface area contributed by atoms with E-state index in [2.05, 4.69) is 32.3 Å². The molecule has 0 spiro atoms. The van der Waals surface area contributed by atoms with Gasteiger partial charge in [-0.15, -0.1) is 0 Å². The normalized spacial score (nSPS) is 14.3. The lowest BCUT2D eigenvalue weighted by atomic mass is 10.0. The molecule has 1 aromatic carbocycles. The van der Waals surface area contributed by atoms with Gasteiger partial charge in [-0.2, -0.15) is 0 Å². The van der Waals surface area contributed by atoms with Crippen LogP contribution in [0.5, 0.6) is 0 Å². The minimum Gasteiger partial charge on any atom is -0.378 e. The van der Waals surface area contributed by atoms with E-state index in [-0.39, 0.29) is 0 Å². The standard InChI is InChI=1S/C18H23N5O2/c19-17(24)20-11-15-3-1-2-14(10-15)4-5-16-12-21-18(22-13-16)23-6-8-25-9-7-23/h1-3,10,12-13H,4-9,11H2,(H3,19,20,24). The number of carbonyl (C=O) groups is 1. The van der Waals surface area contributed by atoms with Gasteiger partial charge in [-0.1, -0.05) is 24.3 Å². The Kier molecular flexibility index (Phi) is 5.79. The summed E-state index contributed by atoms with van der Waals surface area (Å²) in [5.74, 6) is 0.770. The second-order valence-corrected chi connectivity index (χ2v) is 6.03. The predicted molar refractivity (Wildman–Crippen MR) is 95.3 cm³/mol. The van der Waals surface area contributed by atoms with Crippen LogP contribution in [0.15, 0.2) is 36.7 Å². The minimum absolute atomic E-state index is 0.445. The Balaban J connectivity index is 1.54. The second-order valence-electron chi connectivity index (χ2n) is 6.03. The fraction of sp³-hybridized carbons (Fsp3) is 0.389. The number of amides is 2. The topological polar surface area (TPSA) is 93.4 Å². The molecule has 0 aliphatic carbocycles. The molecule has 25 heavy (non-hydrogen) atoms. The molecular formula is C18H23N5O2. The highest BCUT2D eigenvalue weighted by atomic mass is 16.5. The molecular weight excluding hydrogens is 318 g/mol. The first kappa shape index (κ1) is 17.2. The number of carbonyl (C=O) groups excluding carboxylic acids is 1. The van der Waals surface area contributed by atoms with Gasteiger partial charge in [-0.3, -0.25) is 0 Å². The first-order valence-corrected chi connectivity index (χ1v) is 8.45. The molecule has 132 valence electrons. The number of ether oxygens (including phenoxy) is 1. The van der Waals surface area contributed by atoms with Crippen molar-refractivity contribution in [2.75, 3.05) is 31.2 Å². The molecule has 0 saturated carbocycles. The van der Waals surface area contributed by atoms with Gasteiger partial charge in [0.15, 0.2) is 0 Å². The summed E-state index contributed by atoms with van der Waals surface area (Å²) in [5.41, 5.74) is 8.46. The Morgan fingerprint density at radius 3 is 2.52 bits per heavy atom. The van der Waals surface area contributed by atoms with Crippen molar-refractivity contribution >= 4 is 12.0 Å². The number of nitrogens with two attached hydrogens (primary N) is 1. The van der Waals surface area contributed by atoms with E-state index in [0.29, 0.717) is 6.54 Å². The van der Waals surface area contributed by atoms with Gasteiger partial charge in [0.05, 0.1) is 13.2 Å². The quantitative estimate of drug-likeness (QED) is 0.825. The lowest BCUT2D eigenvalue weighted by Gasteiger charge is -2.26. The molecule has 2 heterocycles. The van der Waals surface area contributed by atoms with Crippen molar-refractivity contribution in [3.63, 3.8) is 0 Å². The summed E-state index contributed by atoms with van der Waals surface area (Å²) in [6.07, 6.45) is 5.56. The molecule has 0 bridgehead atoms. The number of nitrogens with zero attached hydrogens (tertiary/aromatic N) is 3. The average molecular weight is 341 g/mol. The van der Waals surface area contributed by atoms with E-state index in [0.717, 1.165) is 56.2 Å². The fourth-order valence-electron chi connectivity index (χ4n) is 2.78. The lowest BCUT2D eigenvalue weighted by Crippen LogP contribution is -2.37. The number of aryl methyl sites for hydroxylation is 2. The summed E-state index contributed by atoms with van der Waals surface area (Å²) in [7, 11) is 0. The Labute approximate surface area is 147 Å². The van der Waals surface area contributed by atoms with Crippen LogP contribution in [-0.4, -0.2) is 42.3 Å². The minimum atomic E-state index is -0.511. The number of aromatic nitrogens is 2. The van der Waals surface area contributed by atoms with Gasteiger partial charge >= 0.3 is 6.03 Å². The molecule has 1 aromatic heterocycles. The van der Waals surface area contributed by atoms with Crippen LogP contribution in [0, 0.1) is 0 Å². The van der Waals surface area contributed by atoms with Crippen LogP contribution in [0.3, 0.4) is 0 Å². The van der Waals surface area contributed by atoms with Crippen molar-refractivity contribution in [2.24, 2.45) is 5.73 Å². The third-order valence-electron chi connectivity index (χ3n) is 4.15. The van der Waals surface area contributed by atoms with E-state index in [1.54, 1.807) is 0 Å². The van der Waals surface area contributed by atoms with E-state index in [1.165, 1.54) is 5.56 Å². The lowest BCUT2D eigenvalue weighted by molar-refractivity contribution is 0.122. The summed E-state index contributed by atoms with van der Waals surface area (Å²) in [6.45, 7) is 3.58. The van der Waals surface area contributed by atoms with Crippen LogP contribution in [0.25, 0.3) is 0 Å². The van der Waals surface area contributed by atoms with E-state index in [1.807, 2.05) is 24.5 Å². The maximum Gasteiger partial charge on any atom is 0.312 e. The number of urea groups is 1. The zero-order chi connectivity index (χ0) is 17.5. The molecule has 2 aromatic rings. The third kappa shape index (κ3) is 5.15. The van der Waals surface area contributed by atoms with Crippen molar-refractivity contribution in [2.45, 2.75) is 19.4 Å². The van der Waals surface area contributed by atoms with Gasteiger partial charge < -0.3 is 20.7 Å². The Morgan fingerprint density at radius 2 is 1.80 bits per heavy atom. The number of morpholine rings is 1. The van der Waals surface area contributed by atoms with Crippen LogP contribution < -0.4 is 16.0 Å². The van der Waals surface area contributed by atoms with Crippen LogP contribution in [-0.2, 0) is 24.1 Å². The monoisotopic (exact) mass is 341 g/mol. The summed E-state index contributed by atoms with van der Waals surface area (Å²) in [6, 6.07) is 7.61. The van der Waals surface area contributed by atoms with Gasteiger partial charge in [0, 0.05) is 32.0 Å². The molecule has 0 atom stereocenters. The molecule has 1 saturated heterocycles. The zero-order valence-corrected chi connectivity index (χ0v) is 14.1. The molecule has 2 amide bonds. The van der Waals surface area contributed by atoms with Crippen LogP contribution in [0.1, 0.15) is 16.7 Å². The largest absolute Gasteiger partial charge is 0.378 e. The third-order valence-corrected chi connectivity index (χ3v) is 4.15. The molecule has 0 radical (unpaired) electrons. The van der Waals surface area contributed by atoms with Crippen molar-refractivity contribution < 1.29 is 9.53 Å². The van der Waals surface area contributed by atoms with Crippen LogP contribution in [0.2, 0.25) is 0 Å². The zero-order valence-electron chi connectivity index (χ0n) is 14.1.